The highest BCUT2D eigenvalue weighted by Gasteiger charge is 2.20. The van der Waals surface area contributed by atoms with Gasteiger partial charge in [-0.05, 0) is 31.2 Å². The zero-order valence-electron chi connectivity index (χ0n) is 14.2. The molecule has 9 heteroatoms. The Morgan fingerprint density at radius 2 is 1.81 bits per heavy atom. The first kappa shape index (κ1) is 21.0. The molecule has 2 aromatic rings. The van der Waals surface area contributed by atoms with Crippen molar-refractivity contribution in [1.82, 2.24) is 0 Å². The minimum absolute atomic E-state index is 0.0353. The number of rotatable bonds is 8. The highest BCUT2D eigenvalue weighted by atomic mass is 35.5. The standard InChI is InChI=1S/C18H16ClF2NO4S/c1-11(25-16(23)10-27-15-9-5-2-6-12(15)19)17(24)22-13-7-3-4-8-14(13)26-18(20)21/h2-9,11,18H,10H2,1H3,(H,22,24). The van der Waals surface area contributed by atoms with Crippen molar-refractivity contribution in [2.45, 2.75) is 24.5 Å². The van der Waals surface area contributed by atoms with Gasteiger partial charge >= 0.3 is 12.6 Å². The number of halogens is 3. The van der Waals surface area contributed by atoms with Crippen molar-refractivity contribution < 1.29 is 27.8 Å². The van der Waals surface area contributed by atoms with E-state index in [2.05, 4.69) is 10.1 Å². The summed E-state index contributed by atoms with van der Waals surface area (Å²) < 4.78 is 34.2. The fourth-order valence-electron chi connectivity index (χ4n) is 1.99. The molecule has 0 aromatic heterocycles. The number of thioether (sulfide) groups is 1. The average Bonchev–Trinajstić information content (AvgIpc) is 2.62. The number of amides is 1. The van der Waals surface area contributed by atoms with Crippen LogP contribution < -0.4 is 10.1 Å². The first-order chi connectivity index (χ1) is 12.9. The van der Waals surface area contributed by atoms with Crippen molar-refractivity contribution in [3.8, 4) is 5.75 Å². The summed E-state index contributed by atoms with van der Waals surface area (Å²) in [7, 11) is 0. The van der Waals surface area contributed by atoms with E-state index in [4.69, 9.17) is 16.3 Å². The van der Waals surface area contributed by atoms with E-state index in [1.165, 1.54) is 36.9 Å². The second-order valence-corrected chi connectivity index (χ2v) is 6.64. The van der Waals surface area contributed by atoms with Gasteiger partial charge in [0.15, 0.2) is 6.10 Å². The monoisotopic (exact) mass is 415 g/mol. The predicted molar refractivity (Wildman–Crippen MR) is 99.4 cm³/mol. The van der Waals surface area contributed by atoms with Crippen LogP contribution in [-0.2, 0) is 14.3 Å². The molecular weight excluding hydrogens is 400 g/mol. The molecular formula is C18H16ClF2NO4S. The number of carbonyl (C=O) groups is 2. The first-order valence-electron chi connectivity index (χ1n) is 7.78. The van der Waals surface area contributed by atoms with Crippen LogP contribution in [0.4, 0.5) is 14.5 Å². The van der Waals surface area contributed by atoms with E-state index >= 15 is 0 Å². The molecule has 27 heavy (non-hydrogen) atoms. The molecule has 0 bridgehead atoms. The number of anilines is 1. The summed E-state index contributed by atoms with van der Waals surface area (Å²) in [6.07, 6.45) is -1.12. The van der Waals surface area contributed by atoms with E-state index < -0.39 is 24.6 Å². The van der Waals surface area contributed by atoms with E-state index in [0.29, 0.717) is 9.92 Å². The van der Waals surface area contributed by atoms with Gasteiger partial charge in [-0.2, -0.15) is 8.78 Å². The van der Waals surface area contributed by atoms with Crippen LogP contribution in [0.25, 0.3) is 0 Å². The van der Waals surface area contributed by atoms with Gasteiger partial charge < -0.3 is 14.8 Å². The Kier molecular flexibility index (Phi) is 7.87. The Hall–Kier alpha value is -2.32. The number of alkyl halides is 2. The molecule has 0 aliphatic heterocycles. The number of carbonyl (C=O) groups excluding carboxylic acids is 2. The largest absolute Gasteiger partial charge is 0.452 e. The number of nitrogens with one attached hydrogen (secondary N) is 1. The van der Waals surface area contributed by atoms with Crippen LogP contribution in [0.1, 0.15) is 6.92 Å². The molecule has 0 saturated carbocycles. The SMILES string of the molecule is CC(OC(=O)CSc1ccccc1Cl)C(=O)Nc1ccccc1OC(F)F. The number of hydrogen-bond donors (Lipinski definition) is 1. The van der Waals surface area contributed by atoms with Crippen LogP contribution in [0.2, 0.25) is 5.02 Å². The molecule has 2 rings (SSSR count). The Morgan fingerprint density at radius 1 is 1.15 bits per heavy atom. The zero-order valence-corrected chi connectivity index (χ0v) is 15.7. The fraction of sp³-hybridized carbons (Fsp3) is 0.222. The van der Waals surface area contributed by atoms with Gasteiger partial charge in [-0.1, -0.05) is 35.9 Å². The summed E-state index contributed by atoms with van der Waals surface area (Å²) >= 11 is 7.18. The first-order valence-corrected chi connectivity index (χ1v) is 9.14. The Balaban J connectivity index is 1.88. The van der Waals surface area contributed by atoms with Crippen molar-refractivity contribution in [2.24, 2.45) is 0 Å². The third-order valence-corrected chi connectivity index (χ3v) is 4.71. The summed E-state index contributed by atoms with van der Waals surface area (Å²) in [6.45, 7) is -1.65. The van der Waals surface area contributed by atoms with Crippen molar-refractivity contribution in [1.29, 1.82) is 0 Å². The van der Waals surface area contributed by atoms with Gasteiger partial charge in [0.2, 0.25) is 0 Å². The van der Waals surface area contributed by atoms with Gasteiger partial charge in [0.1, 0.15) is 5.75 Å². The summed E-state index contributed by atoms with van der Waals surface area (Å²) in [4.78, 5) is 24.8. The van der Waals surface area contributed by atoms with Crippen LogP contribution in [0.15, 0.2) is 53.4 Å². The Morgan fingerprint density at radius 3 is 2.52 bits per heavy atom. The maximum Gasteiger partial charge on any atom is 0.387 e. The maximum absolute atomic E-state index is 12.4. The van der Waals surface area contributed by atoms with E-state index in [1.54, 1.807) is 30.3 Å². The lowest BCUT2D eigenvalue weighted by molar-refractivity contribution is -0.150. The molecule has 0 saturated heterocycles. The van der Waals surface area contributed by atoms with E-state index in [9.17, 15) is 18.4 Å². The molecule has 0 heterocycles. The van der Waals surface area contributed by atoms with Gasteiger partial charge in [-0.3, -0.25) is 9.59 Å². The van der Waals surface area contributed by atoms with Crippen molar-refractivity contribution in [3.05, 3.63) is 53.6 Å². The molecule has 2 aromatic carbocycles. The molecule has 0 aliphatic rings. The normalized spacial score (nSPS) is 11.7. The maximum atomic E-state index is 12.4. The molecule has 144 valence electrons. The fourth-order valence-corrected chi connectivity index (χ4v) is 3.01. The van der Waals surface area contributed by atoms with Crippen LogP contribution >= 0.6 is 23.4 Å². The zero-order chi connectivity index (χ0) is 19.8. The highest BCUT2D eigenvalue weighted by Crippen LogP contribution is 2.27. The van der Waals surface area contributed by atoms with Crippen LogP contribution in [0.5, 0.6) is 5.75 Å². The van der Waals surface area contributed by atoms with Gasteiger partial charge in [0.25, 0.3) is 5.91 Å². The number of esters is 1. The van der Waals surface area contributed by atoms with Gasteiger partial charge in [0.05, 0.1) is 16.5 Å². The molecule has 0 fully saturated rings. The number of ether oxygens (including phenoxy) is 2. The summed E-state index contributed by atoms with van der Waals surface area (Å²) in [5, 5.41) is 2.91. The van der Waals surface area contributed by atoms with Gasteiger partial charge in [-0.15, -0.1) is 11.8 Å². The van der Waals surface area contributed by atoms with E-state index in [-0.39, 0.29) is 17.2 Å². The molecule has 0 radical (unpaired) electrons. The number of benzene rings is 2. The Labute approximate surface area is 164 Å². The topological polar surface area (TPSA) is 64.6 Å². The summed E-state index contributed by atoms with van der Waals surface area (Å²) in [6, 6.07) is 12.7. The third-order valence-electron chi connectivity index (χ3n) is 3.22. The molecule has 5 nitrogen and oxygen atoms in total. The van der Waals surface area contributed by atoms with Gasteiger partial charge in [0, 0.05) is 4.90 Å². The predicted octanol–water partition coefficient (Wildman–Crippen LogP) is 4.60. The third kappa shape index (κ3) is 6.73. The summed E-state index contributed by atoms with van der Waals surface area (Å²) in [5.41, 5.74) is 0.0520. The lowest BCUT2D eigenvalue weighted by Gasteiger charge is -2.15. The van der Waals surface area contributed by atoms with Crippen molar-refractivity contribution >= 4 is 40.9 Å². The second kappa shape index (κ2) is 10.1. The lowest BCUT2D eigenvalue weighted by Crippen LogP contribution is -2.30. The van der Waals surface area contributed by atoms with Crippen LogP contribution in [-0.4, -0.2) is 30.3 Å². The minimum atomic E-state index is -3.03. The molecule has 1 N–H and O–H groups in total. The van der Waals surface area contributed by atoms with Crippen LogP contribution in [0, 0.1) is 0 Å². The van der Waals surface area contributed by atoms with E-state index in [1.807, 2.05) is 0 Å². The molecule has 1 atom stereocenters. The molecule has 1 unspecified atom stereocenters. The smallest absolute Gasteiger partial charge is 0.387 e. The van der Waals surface area contributed by atoms with E-state index in [0.717, 1.165) is 0 Å². The number of para-hydroxylation sites is 2. The average molecular weight is 416 g/mol. The number of hydrogen-bond acceptors (Lipinski definition) is 5. The minimum Gasteiger partial charge on any atom is -0.452 e. The highest BCUT2D eigenvalue weighted by molar-refractivity contribution is 8.00. The molecule has 1 amide bonds. The van der Waals surface area contributed by atoms with Crippen molar-refractivity contribution in [3.63, 3.8) is 0 Å². The molecule has 0 spiro atoms. The summed E-state index contributed by atoms with van der Waals surface area (Å²) in [5.74, 6) is -1.50. The molecule has 0 aliphatic carbocycles. The quantitative estimate of drug-likeness (QED) is 0.504. The van der Waals surface area contributed by atoms with Crippen molar-refractivity contribution in [2.75, 3.05) is 11.1 Å². The van der Waals surface area contributed by atoms with Gasteiger partial charge in [-0.25, -0.2) is 0 Å². The lowest BCUT2D eigenvalue weighted by atomic mass is 10.2. The van der Waals surface area contributed by atoms with Crippen LogP contribution in [0.3, 0.4) is 0 Å². The second-order valence-electron chi connectivity index (χ2n) is 5.22. The Bertz CT molecular complexity index is 806.